The van der Waals surface area contributed by atoms with E-state index in [4.69, 9.17) is 0 Å². The van der Waals surface area contributed by atoms with Crippen molar-refractivity contribution >= 4 is 28.1 Å². The molecule has 6 heteroatoms. The zero-order valence-corrected chi connectivity index (χ0v) is 13.0. The molecule has 5 nitrogen and oxygen atoms in total. The number of aryl methyl sites for hydroxylation is 1. The van der Waals surface area contributed by atoms with Gasteiger partial charge in [-0.2, -0.15) is 0 Å². The van der Waals surface area contributed by atoms with E-state index in [0.717, 1.165) is 20.9 Å². The molecular weight excluding hydrogens is 296 g/mol. The summed E-state index contributed by atoms with van der Waals surface area (Å²) in [5.41, 5.74) is 2.73. The van der Waals surface area contributed by atoms with Gasteiger partial charge in [-0.15, -0.1) is 10.2 Å². The molecule has 1 aliphatic carbocycles. The van der Waals surface area contributed by atoms with E-state index in [1.165, 1.54) is 18.4 Å². The number of nitrogens with zero attached hydrogens (tertiary/aromatic N) is 2. The van der Waals surface area contributed by atoms with Gasteiger partial charge in [0, 0.05) is 16.8 Å². The Labute approximate surface area is 131 Å². The van der Waals surface area contributed by atoms with Crippen LogP contribution in [0.15, 0.2) is 24.3 Å². The van der Waals surface area contributed by atoms with Crippen molar-refractivity contribution < 1.29 is 4.79 Å². The van der Waals surface area contributed by atoms with Gasteiger partial charge in [0.25, 0.3) is 5.91 Å². The highest BCUT2D eigenvalue weighted by atomic mass is 32.1. The van der Waals surface area contributed by atoms with Crippen LogP contribution in [-0.2, 0) is 6.54 Å². The van der Waals surface area contributed by atoms with Crippen LogP contribution >= 0.6 is 11.3 Å². The summed E-state index contributed by atoms with van der Waals surface area (Å²) < 4.78 is 0. The minimum atomic E-state index is -0.114. The highest BCUT2D eigenvalue weighted by Gasteiger charge is 2.27. The van der Waals surface area contributed by atoms with E-state index in [2.05, 4.69) is 26.6 Å². The van der Waals surface area contributed by atoms with Gasteiger partial charge in [0.1, 0.15) is 15.7 Å². The highest BCUT2D eigenvalue weighted by molar-refractivity contribution is 7.11. The maximum Gasteiger partial charge on any atom is 0.268 e. The molecule has 2 N–H and O–H groups in total. The van der Waals surface area contributed by atoms with Gasteiger partial charge in [-0.3, -0.25) is 4.79 Å². The first kappa shape index (κ1) is 13.5. The lowest BCUT2D eigenvalue weighted by Crippen LogP contribution is -2.22. The Kier molecular flexibility index (Phi) is 3.18. The monoisotopic (exact) mass is 312 g/mol. The Morgan fingerprint density at radius 3 is 3.05 bits per heavy atom. The predicted octanol–water partition coefficient (Wildman–Crippen LogP) is 3.14. The molecular formula is C16H16N4OS. The van der Waals surface area contributed by atoms with Gasteiger partial charge in [-0.1, -0.05) is 23.0 Å². The summed E-state index contributed by atoms with van der Waals surface area (Å²) in [6, 6.07) is 7.97. The third-order valence-electron chi connectivity index (χ3n) is 3.83. The van der Waals surface area contributed by atoms with Gasteiger partial charge in [0.05, 0.1) is 6.54 Å². The van der Waals surface area contributed by atoms with Gasteiger partial charge in [0.15, 0.2) is 0 Å². The number of benzene rings is 1. The molecule has 1 saturated carbocycles. The summed E-state index contributed by atoms with van der Waals surface area (Å²) >= 11 is 1.60. The molecule has 1 fully saturated rings. The van der Waals surface area contributed by atoms with Crippen LogP contribution in [0.4, 0.5) is 0 Å². The lowest BCUT2D eigenvalue weighted by atomic mass is 10.2. The van der Waals surface area contributed by atoms with Crippen LogP contribution in [-0.4, -0.2) is 21.1 Å². The second-order valence-corrected chi connectivity index (χ2v) is 6.86. The van der Waals surface area contributed by atoms with E-state index in [-0.39, 0.29) is 5.91 Å². The largest absolute Gasteiger partial charge is 0.351 e. The van der Waals surface area contributed by atoms with Crippen molar-refractivity contribution in [3.63, 3.8) is 0 Å². The van der Waals surface area contributed by atoms with Crippen molar-refractivity contribution in [2.45, 2.75) is 32.2 Å². The van der Waals surface area contributed by atoms with E-state index in [9.17, 15) is 4.79 Å². The molecule has 3 aromatic rings. The number of hydrogen-bond donors (Lipinski definition) is 2. The number of aromatic nitrogens is 3. The number of carbonyl (C=O) groups excluding carboxylic acids is 1. The Morgan fingerprint density at radius 2 is 2.23 bits per heavy atom. The van der Waals surface area contributed by atoms with Gasteiger partial charge in [-0.25, -0.2) is 0 Å². The van der Waals surface area contributed by atoms with Crippen molar-refractivity contribution in [1.29, 1.82) is 0 Å². The lowest BCUT2D eigenvalue weighted by molar-refractivity contribution is 0.0946. The van der Waals surface area contributed by atoms with E-state index in [0.29, 0.717) is 18.2 Å². The molecule has 4 rings (SSSR count). The van der Waals surface area contributed by atoms with Crippen LogP contribution in [0.5, 0.6) is 0 Å². The zero-order chi connectivity index (χ0) is 15.1. The molecule has 22 heavy (non-hydrogen) atoms. The van der Waals surface area contributed by atoms with Gasteiger partial charge < -0.3 is 10.3 Å². The molecule has 0 bridgehead atoms. The Balaban J connectivity index is 1.45. The zero-order valence-electron chi connectivity index (χ0n) is 12.2. The van der Waals surface area contributed by atoms with Gasteiger partial charge in [-0.05, 0) is 38.0 Å². The Bertz CT molecular complexity index is 847. The quantitative estimate of drug-likeness (QED) is 0.777. The third kappa shape index (κ3) is 2.62. The topological polar surface area (TPSA) is 70.7 Å². The molecule has 0 unspecified atom stereocenters. The first-order valence-electron chi connectivity index (χ1n) is 7.39. The van der Waals surface area contributed by atoms with Gasteiger partial charge in [0.2, 0.25) is 0 Å². The SMILES string of the molecule is Cc1ccc2[nH]c(C(=O)NCc3nnc(C4CC4)s3)cc2c1. The average Bonchev–Trinajstić information content (AvgIpc) is 3.10. The normalized spacial score (nSPS) is 14.4. The molecule has 112 valence electrons. The van der Waals surface area contributed by atoms with E-state index in [1.54, 1.807) is 11.3 Å². The first-order chi connectivity index (χ1) is 10.7. The predicted molar refractivity (Wildman–Crippen MR) is 86.1 cm³/mol. The van der Waals surface area contributed by atoms with Crippen molar-refractivity contribution in [3.8, 4) is 0 Å². The maximum atomic E-state index is 12.2. The number of amides is 1. The number of fused-ring (bicyclic) bond motifs is 1. The van der Waals surface area contributed by atoms with Crippen molar-refractivity contribution in [2.75, 3.05) is 0 Å². The molecule has 0 atom stereocenters. The second kappa shape index (κ2) is 5.21. The number of H-pyrrole nitrogens is 1. The fourth-order valence-corrected chi connectivity index (χ4v) is 3.41. The standard InChI is InChI=1S/C16H16N4OS/c1-9-2-5-12-11(6-9)7-13(18-12)15(21)17-8-14-19-20-16(22-14)10-3-4-10/h2,5-7,10,18H,3-4,8H2,1H3,(H,17,21). The average molecular weight is 312 g/mol. The Morgan fingerprint density at radius 1 is 1.36 bits per heavy atom. The summed E-state index contributed by atoms with van der Waals surface area (Å²) in [4.78, 5) is 15.4. The van der Waals surface area contributed by atoms with E-state index >= 15 is 0 Å². The summed E-state index contributed by atoms with van der Waals surface area (Å²) in [6.45, 7) is 2.47. The summed E-state index contributed by atoms with van der Waals surface area (Å²) in [5.74, 6) is 0.496. The molecule has 0 saturated heterocycles. The molecule has 2 heterocycles. The van der Waals surface area contributed by atoms with Crippen molar-refractivity contribution in [2.24, 2.45) is 0 Å². The Hall–Kier alpha value is -2.21. The smallest absolute Gasteiger partial charge is 0.268 e. The van der Waals surface area contributed by atoms with E-state index in [1.807, 2.05) is 25.1 Å². The number of nitrogens with one attached hydrogen (secondary N) is 2. The van der Waals surface area contributed by atoms with E-state index < -0.39 is 0 Å². The van der Waals surface area contributed by atoms with Crippen LogP contribution in [0.2, 0.25) is 0 Å². The van der Waals surface area contributed by atoms with Crippen molar-refractivity contribution in [3.05, 3.63) is 45.5 Å². The van der Waals surface area contributed by atoms with Crippen LogP contribution in [0, 0.1) is 6.92 Å². The molecule has 1 aliphatic rings. The van der Waals surface area contributed by atoms with Crippen LogP contribution in [0.1, 0.15) is 44.8 Å². The number of hydrogen-bond acceptors (Lipinski definition) is 4. The van der Waals surface area contributed by atoms with Crippen LogP contribution in [0.3, 0.4) is 0 Å². The number of aromatic amines is 1. The number of rotatable bonds is 4. The summed E-state index contributed by atoms with van der Waals surface area (Å²) in [7, 11) is 0. The van der Waals surface area contributed by atoms with Gasteiger partial charge >= 0.3 is 0 Å². The molecule has 0 radical (unpaired) electrons. The van der Waals surface area contributed by atoms with Crippen molar-refractivity contribution in [1.82, 2.24) is 20.5 Å². The fourth-order valence-electron chi connectivity index (χ4n) is 2.46. The lowest BCUT2D eigenvalue weighted by Gasteiger charge is -1.99. The minimum Gasteiger partial charge on any atom is -0.351 e. The molecule has 2 aromatic heterocycles. The van der Waals surface area contributed by atoms with Crippen LogP contribution < -0.4 is 5.32 Å². The number of carbonyl (C=O) groups is 1. The third-order valence-corrected chi connectivity index (χ3v) is 4.92. The molecule has 1 amide bonds. The minimum absolute atomic E-state index is 0.114. The maximum absolute atomic E-state index is 12.2. The molecule has 0 spiro atoms. The summed E-state index contributed by atoms with van der Waals surface area (Å²) in [5, 5.41) is 14.2. The summed E-state index contributed by atoms with van der Waals surface area (Å²) in [6.07, 6.45) is 2.44. The molecule has 0 aliphatic heterocycles. The fraction of sp³-hybridized carbons (Fsp3) is 0.312. The second-order valence-electron chi connectivity index (χ2n) is 5.76. The first-order valence-corrected chi connectivity index (χ1v) is 8.20. The molecule has 1 aromatic carbocycles. The van der Waals surface area contributed by atoms with Crippen LogP contribution in [0.25, 0.3) is 10.9 Å². The highest BCUT2D eigenvalue weighted by Crippen LogP contribution is 2.41.